The lowest BCUT2D eigenvalue weighted by atomic mass is 10.1. The minimum atomic E-state index is -0.418. The molecule has 1 aromatic carbocycles. The van der Waals surface area contributed by atoms with Crippen LogP contribution >= 0.6 is 0 Å². The molecule has 2 aromatic rings. The summed E-state index contributed by atoms with van der Waals surface area (Å²) in [7, 11) is 0. The maximum Gasteiger partial charge on any atom is 0.257 e. The molecule has 0 aliphatic rings. The van der Waals surface area contributed by atoms with E-state index in [1.807, 2.05) is 24.3 Å². The van der Waals surface area contributed by atoms with Crippen LogP contribution in [0.5, 0.6) is 0 Å². The number of H-pyrrole nitrogens is 1. The Morgan fingerprint density at radius 1 is 1.29 bits per heavy atom. The first-order valence-corrected chi connectivity index (χ1v) is 6.44. The number of hydrogen-bond acceptors (Lipinski definition) is 3. The van der Waals surface area contributed by atoms with Crippen LogP contribution in [0.1, 0.15) is 21.5 Å². The molecule has 0 saturated carbocycles. The molecule has 1 heterocycles. The number of pyridine rings is 1. The molecular formula is C16H15N3O2. The Labute approximate surface area is 122 Å². The largest absolute Gasteiger partial charge is 0.367 e. The van der Waals surface area contributed by atoms with E-state index in [1.165, 1.54) is 18.5 Å². The summed E-state index contributed by atoms with van der Waals surface area (Å²) in [5.41, 5.74) is 6.81. The molecule has 0 atom stereocenters. The van der Waals surface area contributed by atoms with E-state index in [1.54, 1.807) is 0 Å². The average Bonchev–Trinajstić information content (AvgIpc) is 2.52. The van der Waals surface area contributed by atoms with Crippen molar-refractivity contribution >= 4 is 5.91 Å². The number of nitrogens with one attached hydrogen (secondary N) is 2. The molecule has 0 spiro atoms. The number of aromatic nitrogens is 1. The fourth-order valence-electron chi connectivity index (χ4n) is 1.81. The van der Waals surface area contributed by atoms with Crippen molar-refractivity contribution in [2.75, 3.05) is 6.54 Å². The van der Waals surface area contributed by atoms with Gasteiger partial charge in [-0.2, -0.15) is 0 Å². The van der Waals surface area contributed by atoms with Gasteiger partial charge in [0.15, 0.2) is 5.43 Å². The van der Waals surface area contributed by atoms with Crippen molar-refractivity contribution in [1.82, 2.24) is 10.3 Å². The molecule has 21 heavy (non-hydrogen) atoms. The zero-order valence-electron chi connectivity index (χ0n) is 11.3. The molecule has 0 radical (unpaired) electrons. The summed E-state index contributed by atoms with van der Waals surface area (Å²) >= 11 is 0. The number of benzene rings is 1. The Hall–Kier alpha value is -2.84. The SMILES string of the molecule is NCC#Cc1ccccc1CNC(=O)c1c[nH]ccc1=O. The van der Waals surface area contributed by atoms with Crippen LogP contribution in [0.25, 0.3) is 0 Å². The molecule has 0 fully saturated rings. The van der Waals surface area contributed by atoms with Gasteiger partial charge < -0.3 is 16.0 Å². The summed E-state index contributed by atoms with van der Waals surface area (Å²) in [6, 6.07) is 8.78. The summed E-state index contributed by atoms with van der Waals surface area (Å²) in [5.74, 6) is 5.32. The van der Waals surface area contributed by atoms with Crippen molar-refractivity contribution in [2.24, 2.45) is 5.73 Å². The predicted molar refractivity (Wildman–Crippen MR) is 80.6 cm³/mol. The summed E-state index contributed by atoms with van der Waals surface area (Å²) in [4.78, 5) is 26.3. The maximum absolute atomic E-state index is 12.0. The number of amides is 1. The van der Waals surface area contributed by atoms with Crippen molar-refractivity contribution in [1.29, 1.82) is 0 Å². The molecule has 0 aliphatic carbocycles. The topological polar surface area (TPSA) is 88.0 Å². The molecule has 0 unspecified atom stereocenters. The second-order valence-corrected chi connectivity index (χ2v) is 4.27. The fourth-order valence-corrected chi connectivity index (χ4v) is 1.81. The number of aromatic amines is 1. The van der Waals surface area contributed by atoms with Crippen molar-refractivity contribution in [3.8, 4) is 11.8 Å². The van der Waals surface area contributed by atoms with Crippen LogP contribution in [0.4, 0.5) is 0 Å². The maximum atomic E-state index is 12.0. The van der Waals surface area contributed by atoms with E-state index in [0.717, 1.165) is 11.1 Å². The van der Waals surface area contributed by atoms with E-state index in [9.17, 15) is 9.59 Å². The first-order chi connectivity index (χ1) is 10.2. The number of carbonyl (C=O) groups excluding carboxylic acids is 1. The van der Waals surface area contributed by atoms with Crippen LogP contribution in [0.2, 0.25) is 0 Å². The minimum Gasteiger partial charge on any atom is -0.367 e. The summed E-state index contributed by atoms with van der Waals surface area (Å²) in [6.07, 6.45) is 2.87. The Morgan fingerprint density at radius 3 is 2.86 bits per heavy atom. The van der Waals surface area contributed by atoms with Gasteiger partial charge in [0.25, 0.3) is 5.91 Å². The van der Waals surface area contributed by atoms with Crippen LogP contribution in [0.15, 0.2) is 47.5 Å². The highest BCUT2D eigenvalue weighted by Crippen LogP contribution is 2.07. The molecule has 1 amide bonds. The third-order valence-corrected chi connectivity index (χ3v) is 2.85. The van der Waals surface area contributed by atoms with E-state index >= 15 is 0 Å². The quantitative estimate of drug-likeness (QED) is 0.720. The van der Waals surface area contributed by atoms with Gasteiger partial charge in [-0.25, -0.2) is 0 Å². The molecule has 5 nitrogen and oxygen atoms in total. The van der Waals surface area contributed by atoms with Crippen LogP contribution in [0.3, 0.4) is 0 Å². The lowest BCUT2D eigenvalue weighted by Gasteiger charge is -2.07. The Morgan fingerprint density at radius 2 is 2.10 bits per heavy atom. The zero-order chi connectivity index (χ0) is 15.1. The second kappa shape index (κ2) is 7.08. The van der Waals surface area contributed by atoms with Gasteiger partial charge in [0.05, 0.1) is 6.54 Å². The van der Waals surface area contributed by atoms with E-state index < -0.39 is 5.91 Å². The molecule has 2 rings (SSSR count). The van der Waals surface area contributed by atoms with E-state index in [0.29, 0.717) is 6.54 Å². The van der Waals surface area contributed by atoms with Gasteiger partial charge in [0.2, 0.25) is 0 Å². The smallest absolute Gasteiger partial charge is 0.257 e. The Balaban J connectivity index is 2.12. The third kappa shape index (κ3) is 3.81. The monoisotopic (exact) mass is 281 g/mol. The first-order valence-electron chi connectivity index (χ1n) is 6.44. The average molecular weight is 281 g/mol. The number of nitrogens with two attached hydrogens (primary N) is 1. The predicted octanol–water partition coefficient (Wildman–Crippen LogP) is 0.615. The van der Waals surface area contributed by atoms with Crippen LogP contribution < -0.4 is 16.5 Å². The Bertz CT molecular complexity index is 754. The molecule has 0 saturated heterocycles. The normalized spacial score (nSPS) is 9.57. The minimum absolute atomic E-state index is 0.0861. The summed E-state index contributed by atoms with van der Waals surface area (Å²) < 4.78 is 0. The molecule has 0 aliphatic heterocycles. The molecule has 0 bridgehead atoms. The highest BCUT2D eigenvalue weighted by Gasteiger charge is 2.09. The van der Waals surface area contributed by atoms with Gasteiger partial charge in [-0.1, -0.05) is 30.0 Å². The lowest BCUT2D eigenvalue weighted by Crippen LogP contribution is -2.28. The third-order valence-electron chi connectivity index (χ3n) is 2.85. The number of hydrogen-bond donors (Lipinski definition) is 3. The van der Waals surface area contributed by atoms with Crippen molar-refractivity contribution in [3.63, 3.8) is 0 Å². The zero-order valence-corrected chi connectivity index (χ0v) is 11.3. The van der Waals surface area contributed by atoms with Gasteiger partial charge >= 0.3 is 0 Å². The van der Waals surface area contributed by atoms with Gasteiger partial charge in [0, 0.05) is 30.6 Å². The van der Waals surface area contributed by atoms with Gasteiger partial charge in [-0.05, 0) is 11.6 Å². The lowest BCUT2D eigenvalue weighted by molar-refractivity contribution is 0.0949. The van der Waals surface area contributed by atoms with E-state index in [2.05, 4.69) is 22.1 Å². The molecular weight excluding hydrogens is 266 g/mol. The van der Waals surface area contributed by atoms with Gasteiger partial charge in [-0.15, -0.1) is 0 Å². The van der Waals surface area contributed by atoms with Crippen molar-refractivity contribution < 1.29 is 4.79 Å². The first kappa shape index (κ1) is 14.6. The summed E-state index contributed by atoms with van der Waals surface area (Å²) in [5, 5.41) is 2.71. The highest BCUT2D eigenvalue weighted by atomic mass is 16.2. The number of carbonyl (C=O) groups is 1. The molecule has 5 heteroatoms. The van der Waals surface area contributed by atoms with E-state index in [-0.39, 0.29) is 17.5 Å². The Kier molecular flexibility index (Phi) is 4.91. The highest BCUT2D eigenvalue weighted by molar-refractivity contribution is 5.93. The standard InChI is InChI=1S/C16H15N3O2/c17-8-3-6-12-4-1-2-5-13(12)10-19-16(21)14-11-18-9-7-15(14)20/h1-2,4-5,7,9,11H,8,10,17H2,(H,18,20)(H,19,21). The van der Waals surface area contributed by atoms with E-state index in [4.69, 9.17) is 5.73 Å². The van der Waals surface area contributed by atoms with Gasteiger partial charge in [-0.3, -0.25) is 9.59 Å². The number of rotatable bonds is 3. The van der Waals surface area contributed by atoms with Crippen molar-refractivity contribution in [3.05, 3.63) is 69.6 Å². The van der Waals surface area contributed by atoms with Crippen LogP contribution in [-0.2, 0) is 6.54 Å². The fraction of sp³-hybridized carbons (Fsp3) is 0.125. The molecule has 106 valence electrons. The summed E-state index contributed by atoms with van der Waals surface area (Å²) in [6.45, 7) is 0.572. The van der Waals surface area contributed by atoms with Crippen LogP contribution in [0, 0.1) is 11.8 Å². The molecule has 1 aromatic heterocycles. The molecule has 4 N–H and O–H groups in total. The van der Waals surface area contributed by atoms with Crippen LogP contribution in [-0.4, -0.2) is 17.4 Å². The van der Waals surface area contributed by atoms with Gasteiger partial charge in [0.1, 0.15) is 5.56 Å². The second-order valence-electron chi connectivity index (χ2n) is 4.27. The van der Waals surface area contributed by atoms with Crippen molar-refractivity contribution in [2.45, 2.75) is 6.54 Å².